The van der Waals surface area contributed by atoms with Gasteiger partial charge >= 0.3 is 0 Å². The van der Waals surface area contributed by atoms with Crippen molar-refractivity contribution in [3.05, 3.63) is 59.7 Å². The van der Waals surface area contributed by atoms with Crippen molar-refractivity contribution in [2.75, 3.05) is 0 Å². The molecular weight excluding hydrogens is 177 g/mol. The summed E-state index contributed by atoms with van der Waals surface area (Å²) in [5.74, 6) is -0.175. The zero-order valence-electron chi connectivity index (χ0n) is 8.07. The molecule has 2 aromatic rings. The van der Waals surface area contributed by atoms with Gasteiger partial charge in [-0.2, -0.15) is 4.39 Å². The van der Waals surface area contributed by atoms with Crippen LogP contribution in [0.4, 0.5) is 4.39 Å². The van der Waals surface area contributed by atoms with Crippen LogP contribution in [-0.2, 0) is 6.54 Å². The molecular formula is C12H12FN. The molecule has 0 N–H and O–H groups in total. The second kappa shape index (κ2) is 3.66. The molecule has 0 fully saturated rings. The zero-order valence-corrected chi connectivity index (χ0v) is 8.07. The Hall–Kier alpha value is -1.57. The van der Waals surface area contributed by atoms with Crippen molar-refractivity contribution in [2.45, 2.75) is 13.5 Å². The van der Waals surface area contributed by atoms with Gasteiger partial charge < -0.3 is 4.57 Å². The number of hydrogen-bond acceptors (Lipinski definition) is 0. The van der Waals surface area contributed by atoms with Crippen LogP contribution in [0.15, 0.2) is 42.5 Å². The maximum atomic E-state index is 13.3. The first-order valence-electron chi connectivity index (χ1n) is 4.63. The molecule has 0 saturated heterocycles. The number of aryl methyl sites for hydroxylation is 1. The molecule has 0 radical (unpaired) electrons. The fourth-order valence-corrected chi connectivity index (χ4v) is 1.50. The Morgan fingerprint density at radius 1 is 1.07 bits per heavy atom. The topological polar surface area (TPSA) is 4.93 Å². The Balaban J connectivity index is 2.27. The summed E-state index contributed by atoms with van der Waals surface area (Å²) in [7, 11) is 0. The molecule has 72 valence electrons. The minimum Gasteiger partial charge on any atom is -0.318 e. The van der Waals surface area contributed by atoms with Crippen molar-refractivity contribution in [2.24, 2.45) is 0 Å². The van der Waals surface area contributed by atoms with Crippen LogP contribution in [0.25, 0.3) is 0 Å². The van der Waals surface area contributed by atoms with E-state index in [-0.39, 0.29) is 5.95 Å². The van der Waals surface area contributed by atoms with Crippen LogP contribution in [-0.4, -0.2) is 4.57 Å². The predicted octanol–water partition coefficient (Wildman–Crippen LogP) is 2.98. The largest absolute Gasteiger partial charge is 0.318 e. The summed E-state index contributed by atoms with van der Waals surface area (Å²) in [5, 5.41) is 0. The lowest BCUT2D eigenvalue weighted by Crippen LogP contribution is -2.03. The first-order valence-corrected chi connectivity index (χ1v) is 4.63. The summed E-state index contributed by atoms with van der Waals surface area (Å²) in [6.07, 6.45) is 0. The van der Waals surface area contributed by atoms with E-state index in [9.17, 15) is 4.39 Å². The number of hydrogen-bond donors (Lipinski definition) is 0. The molecule has 0 saturated carbocycles. The van der Waals surface area contributed by atoms with Crippen molar-refractivity contribution >= 4 is 0 Å². The Labute approximate surface area is 82.8 Å². The van der Waals surface area contributed by atoms with E-state index in [1.165, 1.54) is 6.07 Å². The Morgan fingerprint density at radius 3 is 2.36 bits per heavy atom. The lowest BCUT2D eigenvalue weighted by atomic mass is 10.2. The van der Waals surface area contributed by atoms with E-state index in [4.69, 9.17) is 0 Å². The van der Waals surface area contributed by atoms with Gasteiger partial charge in [-0.1, -0.05) is 30.3 Å². The lowest BCUT2D eigenvalue weighted by molar-refractivity contribution is 0.510. The highest BCUT2D eigenvalue weighted by Crippen LogP contribution is 2.10. The maximum absolute atomic E-state index is 13.3. The molecule has 0 aliphatic carbocycles. The first kappa shape index (κ1) is 9.00. The highest BCUT2D eigenvalue weighted by Gasteiger charge is 2.03. The number of aromatic nitrogens is 1. The second-order valence-electron chi connectivity index (χ2n) is 3.37. The van der Waals surface area contributed by atoms with Crippen LogP contribution in [0, 0.1) is 12.9 Å². The van der Waals surface area contributed by atoms with E-state index in [0.29, 0.717) is 6.54 Å². The molecule has 1 aromatic carbocycles. The number of benzene rings is 1. The summed E-state index contributed by atoms with van der Waals surface area (Å²) in [5.41, 5.74) is 2.07. The minimum absolute atomic E-state index is 0.175. The third-order valence-electron chi connectivity index (χ3n) is 2.33. The normalized spacial score (nSPS) is 10.4. The molecule has 0 unspecified atom stereocenters. The third-order valence-corrected chi connectivity index (χ3v) is 2.33. The summed E-state index contributed by atoms with van der Waals surface area (Å²) < 4.78 is 14.9. The lowest BCUT2D eigenvalue weighted by Gasteiger charge is -2.06. The molecule has 2 rings (SSSR count). The van der Waals surface area contributed by atoms with Crippen LogP contribution in [0.5, 0.6) is 0 Å². The molecule has 0 spiro atoms. The molecule has 14 heavy (non-hydrogen) atoms. The third kappa shape index (κ3) is 1.69. The average molecular weight is 189 g/mol. The Morgan fingerprint density at radius 2 is 1.79 bits per heavy atom. The van der Waals surface area contributed by atoms with Gasteiger partial charge in [-0.25, -0.2) is 0 Å². The van der Waals surface area contributed by atoms with Gasteiger partial charge in [0.2, 0.25) is 0 Å². The Kier molecular flexibility index (Phi) is 2.35. The van der Waals surface area contributed by atoms with Gasteiger partial charge in [0.15, 0.2) is 5.95 Å². The SMILES string of the molecule is Cc1ccc(F)n1Cc1ccccc1. The first-order chi connectivity index (χ1) is 6.77. The quantitative estimate of drug-likeness (QED) is 0.684. The molecule has 2 heteroatoms. The summed E-state index contributed by atoms with van der Waals surface area (Å²) in [4.78, 5) is 0. The fourth-order valence-electron chi connectivity index (χ4n) is 1.50. The van der Waals surface area contributed by atoms with Gasteiger partial charge in [-0.15, -0.1) is 0 Å². The van der Waals surface area contributed by atoms with Gasteiger partial charge in [-0.3, -0.25) is 0 Å². The molecule has 0 atom stereocenters. The predicted molar refractivity (Wildman–Crippen MR) is 54.7 cm³/mol. The highest BCUT2D eigenvalue weighted by atomic mass is 19.1. The molecule has 1 nitrogen and oxygen atoms in total. The summed E-state index contributed by atoms with van der Waals surface area (Å²) in [6.45, 7) is 2.51. The van der Waals surface area contributed by atoms with Gasteiger partial charge in [0.1, 0.15) is 0 Å². The molecule has 1 aromatic heterocycles. The maximum Gasteiger partial charge on any atom is 0.194 e. The van der Waals surface area contributed by atoms with Crippen molar-refractivity contribution in [3.63, 3.8) is 0 Å². The fraction of sp³-hybridized carbons (Fsp3) is 0.167. The van der Waals surface area contributed by atoms with E-state index in [1.807, 2.05) is 37.3 Å². The van der Waals surface area contributed by atoms with Crippen molar-refractivity contribution in [1.29, 1.82) is 0 Å². The smallest absolute Gasteiger partial charge is 0.194 e. The number of halogens is 1. The molecule has 0 amide bonds. The van der Waals surface area contributed by atoms with Crippen molar-refractivity contribution in [1.82, 2.24) is 4.57 Å². The van der Waals surface area contributed by atoms with Crippen LogP contribution in [0.1, 0.15) is 11.3 Å². The van der Waals surface area contributed by atoms with Gasteiger partial charge in [-0.05, 0) is 24.6 Å². The molecule has 1 heterocycles. The van der Waals surface area contributed by atoms with E-state index >= 15 is 0 Å². The average Bonchev–Trinajstić information content (AvgIpc) is 2.51. The van der Waals surface area contributed by atoms with Crippen LogP contribution in [0.2, 0.25) is 0 Å². The van der Waals surface area contributed by atoms with Crippen LogP contribution >= 0.6 is 0 Å². The minimum atomic E-state index is -0.175. The van der Waals surface area contributed by atoms with Gasteiger partial charge in [0.25, 0.3) is 0 Å². The summed E-state index contributed by atoms with van der Waals surface area (Å²) in [6, 6.07) is 13.2. The van der Waals surface area contributed by atoms with E-state index in [0.717, 1.165) is 11.3 Å². The zero-order chi connectivity index (χ0) is 9.97. The number of rotatable bonds is 2. The number of nitrogens with zero attached hydrogens (tertiary/aromatic N) is 1. The standard InChI is InChI=1S/C12H12FN/c1-10-7-8-12(13)14(10)9-11-5-3-2-4-6-11/h2-8H,9H2,1H3. The molecule has 0 aliphatic heterocycles. The van der Waals surface area contributed by atoms with Crippen LogP contribution in [0.3, 0.4) is 0 Å². The van der Waals surface area contributed by atoms with E-state index < -0.39 is 0 Å². The molecule has 0 aliphatic rings. The Bertz CT molecular complexity index is 398. The van der Waals surface area contributed by atoms with Crippen LogP contribution < -0.4 is 0 Å². The van der Waals surface area contributed by atoms with Gasteiger partial charge in [0, 0.05) is 12.2 Å². The van der Waals surface area contributed by atoms with Crippen molar-refractivity contribution < 1.29 is 4.39 Å². The summed E-state index contributed by atoms with van der Waals surface area (Å²) >= 11 is 0. The van der Waals surface area contributed by atoms with Gasteiger partial charge in [0.05, 0.1) is 0 Å². The monoisotopic (exact) mass is 189 g/mol. The second-order valence-corrected chi connectivity index (χ2v) is 3.37. The van der Waals surface area contributed by atoms with E-state index in [2.05, 4.69) is 0 Å². The highest BCUT2D eigenvalue weighted by molar-refractivity contribution is 5.17. The van der Waals surface area contributed by atoms with Crippen molar-refractivity contribution in [3.8, 4) is 0 Å². The van der Waals surface area contributed by atoms with E-state index in [1.54, 1.807) is 10.6 Å². The molecule has 0 bridgehead atoms.